The van der Waals surface area contributed by atoms with Crippen molar-refractivity contribution in [2.75, 3.05) is 18.3 Å². The van der Waals surface area contributed by atoms with Crippen LogP contribution in [0.1, 0.15) is 35.4 Å². The molecule has 0 saturated carbocycles. The van der Waals surface area contributed by atoms with E-state index in [-0.39, 0.29) is 0 Å². The van der Waals surface area contributed by atoms with Gasteiger partial charge in [0.2, 0.25) is 0 Å². The summed E-state index contributed by atoms with van der Waals surface area (Å²) in [5, 5.41) is 10.8. The van der Waals surface area contributed by atoms with Gasteiger partial charge in [-0.15, -0.1) is 0 Å². The summed E-state index contributed by atoms with van der Waals surface area (Å²) in [4.78, 5) is 0. The lowest BCUT2D eigenvalue weighted by Crippen LogP contribution is -2.16. The molecule has 0 bridgehead atoms. The first-order valence-electron chi connectivity index (χ1n) is 6.10. The Hall–Kier alpha value is -0.190. The first kappa shape index (κ1) is 14.2. The molecule has 0 amide bonds. The summed E-state index contributed by atoms with van der Waals surface area (Å²) < 4.78 is 5.58. The van der Waals surface area contributed by atoms with Crippen LogP contribution in [0.5, 0.6) is 0 Å². The molecule has 2 N–H and O–H groups in total. The second-order valence-electron chi connectivity index (χ2n) is 4.57. The molecule has 2 atom stereocenters. The summed E-state index contributed by atoms with van der Waals surface area (Å²) in [6.45, 7) is 3.86. The third-order valence-corrected chi connectivity index (χ3v) is 4.55. The molecular formula is C13H18IN2OP. The van der Waals surface area contributed by atoms with Crippen LogP contribution in [-0.4, -0.2) is 19.4 Å². The van der Waals surface area contributed by atoms with Crippen LogP contribution < -0.4 is 5.09 Å². The Bertz CT molecular complexity index is 433. The molecule has 18 heavy (non-hydrogen) atoms. The molecule has 0 aliphatic carbocycles. The van der Waals surface area contributed by atoms with Crippen LogP contribution in [0.2, 0.25) is 0 Å². The fourth-order valence-electron chi connectivity index (χ4n) is 2.45. The summed E-state index contributed by atoms with van der Waals surface area (Å²) in [5.41, 5.74) is 4.69. The monoisotopic (exact) mass is 376 g/mol. The molecule has 1 aromatic rings. The molecule has 0 spiro atoms. The number of hydrogen-bond acceptors (Lipinski definition) is 3. The largest absolute Gasteiger partial charge is 0.381 e. The normalized spacial score (nSPS) is 20.2. The molecule has 0 aromatic heterocycles. The van der Waals surface area contributed by atoms with Gasteiger partial charge >= 0.3 is 0 Å². The lowest BCUT2D eigenvalue weighted by Gasteiger charge is -2.25. The standard InChI is InChI=1S/C13H18IN2OP/c1-9-5-11(7-15)13(16-18-14)6-12(9)10-3-2-4-17-8-10/h5-7,10,15-16,18H,2-4,8H2,1H3. The Morgan fingerprint density at radius 1 is 1.56 bits per heavy atom. The number of halogens is 1. The Labute approximate surface area is 123 Å². The van der Waals surface area contributed by atoms with Crippen LogP contribution in [0.3, 0.4) is 0 Å². The van der Waals surface area contributed by atoms with E-state index >= 15 is 0 Å². The van der Waals surface area contributed by atoms with Crippen molar-refractivity contribution in [1.29, 1.82) is 5.41 Å². The van der Waals surface area contributed by atoms with Crippen molar-refractivity contribution in [3.8, 4) is 0 Å². The summed E-state index contributed by atoms with van der Waals surface area (Å²) in [7, 11) is 0. The molecular weight excluding hydrogens is 358 g/mol. The van der Waals surface area contributed by atoms with Crippen LogP contribution in [-0.2, 0) is 4.74 Å². The van der Waals surface area contributed by atoms with Crippen molar-refractivity contribution in [1.82, 2.24) is 0 Å². The van der Waals surface area contributed by atoms with Gasteiger partial charge < -0.3 is 15.2 Å². The Morgan fingerprint density at radius 2 is 2.39 bits per heavy atom. The minimum atomic E-state index is 0.511. The maximum atomic E-state index is 7.49. The number of benzene rings is 1. The van der Waals surface area contributed by atoms with Crippen LogP contribution in [0.25, 0.3) is 0 Å². The van der Waals surface area contributed by atoms with E-state index in [9.17, 15) is 0 Å². The third-order valence-electron chi connectivity index (χ3n) is 3.38. The zero-order chi connectivity index (χ0) is 13.0. The lowest BCUT2D eigenvalue weighted by atomic mass is 9.89. The number of anilines is 1. The third kappa shape index (κ3) is 3.22. The van der Waals surface area contributed by atoms with Gasteiger partial charge in [0.25, 0.3) is 0 Å². The second-order valence-corrected chi connectivity index (χ2v) is 6.63. The molecule has 1 fully saturated rings. The average molecular weight is 376 g/mol. The molecule has 3 nitrogen and oxygen atoms in total. The fourth-order valence-corrected chi connectivity index (χ4v) is 3.64. The fraction of sp³-hybridized carbons (Fsp3) is 0.462. The predicted molar refractivity (Wildman–Crippen MR) is 87.8 cm³/mol. The van der Waals surface area contributed by atoms with Crippen LogP contribution >= 0.6 is 28.4 Å². The van der Waals surface area contributed by atoms with E-state index in [0.29, 0.717) is 12.3 Å². The summed E-state index contributed by atoms with van der Waals surface area (Å²) in [5.74, 6) is 0.511. The number of aryl methyl sites for hydroxylation is 1. The number of rotatable bonds is 4. The first-order valence-corrected chi connectivity index (χ1v) is 10.2. The zero-order valence-corrected chi connectivity index (χ0v) is 13.6. The highest BCUT2D eigenvalue weighted by Crippen LogP contribution is 2.34. The van der Waals surface area contributed by atoms with Gasteiger partial charge in [-0.3, -0.25) is 0 Å². The number of hydrogen-bond donors (Lipinski definition) is 2. The number of nitrogens with one attached hydrogen (secondary N) is 2. The maximum Gasteiger partial charge on any atom is 0.0534 e. The van der Waals surface area contributed by atoms with Gasteiger partial charge in [-0.1, -0.05) is 0 Å². The molecule has 1 aliphatic heterocycles. The SMILES string of the molecule is Cc1cc(C=N)c(NPI)cc1C1CCCOC1. The Balaban J connectivity index is 2.33. The highest BCUT2D eigenvalue weighted by Gasteiger charge is 2.19. The van der Waals surface area contributed by atoms with Crippen LogP contribution in [0, 0.1) is 12.3 Å². The second kappa shape index (κ2) is 6.83. The van der Waals surface area contributed by atoms with Crippen LogP contribution in [0.4, 0.5) is 5.69 Å². The number of ether oxygens (including phenoxy) is 1. The van der Waals surface area contributed by atoms with E-state index in [4.69, 9.17) is 10.1 Å². The molecule has 2 rings (SSSR count). The van der Waals surface area contributed by atoms with E-state index in [1.165, 1.54) is 23.8 Å². The van der Waals surface area contributed by atoms with Crippen molar-refractivity contribution in [3.05, 3.63) is 28.8 Å². The highest BCUT2D eigenvalue weighted by molar-refractivity contribution is 14.2. The van der Waals surface area contributed by atoms with Crippen molar-refractivity contribution in [2.45, 2.75) is 25.7 Å². The molecule has 1 saturated heterocycles. The van der Waals surface area contributed by atoms with Crippen molar-refractivity contribution < 1.29 is 4.74 Å². The van der Waals surface area contributed by atoms with Crippen molar-refractivity contribution >= 4 is 40.3 Å². The molecule has 0 radical (unpaired) electrons. The molecule has 5 heteroatoms. The lowest BCUT2D eigenvalue weighted by molar-refractivity contribution is 0.0803. The zero-order valence-electron chi connectivity index (χ0n) is 10.4. The molecule has 1 aromatic carbocycles. The van der Waals surface area contributed by atoms with Gasteiger partial charge in [-0.05, 0) is 65.1 Å². The Morgan fingerprint density at radius 3 is 3.00 bits per heavy atom. The van der Waals surface area contributed by atoms with E-state index in [1.54, 1.807) is 0 Å². The van der Waals surface area contributed by atoms with E-state index in [0.717, 1.165) is 30.9 Å². The average Bonchev–Trinajstić information content (AvgIpc) is 2.41. The predicted octanol–water partition coefficient (Wildman–Crippen LogP) is 4.24. The van der Waals surface area contributed by atoms with Crippen molar-refractivity contribution in [2.24, 2.45) is 0 Å². The molecule has 1 aliphatic rings. The van der Waals surface area contributed by atoms with Crippen molar-refractivity contribution in [3.63, 3.8) is 0 Å². The summed E-state index contributed by atoms with van der Waals surface area (Å²) in [6, 6.07) is 4.32. The Kier molecular flexibility index (Phi) is 5.39. The topological polar surface area (TPSA) is 45.1 Å². The minimum absolute atomic E-state index is 0.511. The molecule has 98 valence electrons. The quantitative estimate of drug-likeness (QED) is 0.469. The first-order chi connectivity index (χ1) is 8.76. The van der Waals surface area contributed by atoms with Gasteiger partial charge in [0.1, 0.15) is 0 Å². The van der Waals surface area contributed by atoms with Gasteiger partial charge in [0.15, 0.2) is 0 Å². The minimum Gasteiger partial charge on any atom is -0.381 e. The molecule has 2 unspecified atom stereocenters. The van der Waals surface area contributed by atoms with Crippen LogP contribution in [0.15, 0.2) is 12.1 Å². The smallest absolute Gasteiger partial charge is 0.0534 e. The van der Waals surface area contributed by atoms with E-state index in [1.807, 2.05) is 0 Å². The van der Waals surface area contributed by atoms with Gasteiger partial charge in [0.05, 0.1) is 6.61 Å². The van der Waals surface area contributed by atoms with Gasteiger partial charge in [0, 0.05) is 36.4 Å². The summed E-state index contributed by atoms with van der Waals surface area (Å²) in [6.07, 6.45) is 4.40. The van der Waals surface area contributed by atoms with Gasteiger partial charge in [-0.25, -0.2) is 0 Å². The maximum absolute atomic E-state index is 7.49. The van der Waals surface area contributed by atoms with E-state index in [2.05, 4.69) is 46.2 Å². The van der Waals surface area contributed by atoms with Gasteiger partial charge in [-0.2, -0.15) is 0 Å². The summed E-state index contributed by atoms with van der Waals surface area (Å²) >= 11 is 2.32. The highest BCUT2D eigenvalue weighted by atomic mass is 127. The van der Waals surface area contributed by atoms with E-state index < -0.39 is 0 Å². The molecule has 1 heterocycles.